The second-order valence-electron chi connectivity index (χ2n) is 5.01. The summed E-state index contributed by atoms with van der Waals surface area (Å²) in [6.45, 7) is 5.39. The third-order valence-electron chi connectivity index (χ3n) is 3.12. The Morgan fingerprint density at radius 2 is 2.00 bits per heavy atom. The lowest BCUT2D eigenvalue weighted by Crippen LogP contribution is -2.26. The average Bonchev–Trinajstić information content (AvgIpc) is 2.80. The second kappa shape index (κ2) is 5.32. The van der Waals surface area contributed by atoms with Gasteiger partial charge >= 0.3 is 5.97 Å². The van der Waals surface area contributed by atoms with Gasteiger partial charge in [0.25, 0.3) is 0 Å². The second-order valence-corrected chi connectivity index (χ2v) is 5.01. The number of fused-ring (bicyclic) bond motifs is 1. The van der Waals surface area contributed by atoms with Crippen LogP contribution in [0.5, 0.6) is 0 Å². The quantitative estimate of drug-likeness (QED) is 0.838. The summed E-state index contributed by atoms with van der Waals surface area (Å²) in [4.78, 5) is 22.5. The molecular formula is C14H17N3O3. The number of benzene rings is 1. The van der Waals surface area contributed by atoms with Crippen LogP contribution in [0.3, 0.4) is 0 Å². The molecule has 1 aromatic heterocycles. The fraction of sp³-hybridized carbons (Fsp3) is 0.357. The first-order chi connectivity index (χ1) is 9.40. The van der Waals surface area contributed by atoms with E-state index in [0.717, 1.165) is 10.9 Å². The van der Waals surface area contributed by atoms with E-state index in [0.29, 0.717) is 5.69 Å². The van der Waals surface area contributed by atoms with Gasteiger partial charge in [-0.1, -0.05) is 0 Å². The van der Waals surface area contributed by atoms with E-state index in [2.05, 4.69) is 10.4 Å². The highest BCUT2D eigenvalue weighted by Gasteiger charge is 2.20. The fourth-order valence-electron chi connectivity index (χ4n) is 1.89. The normalized spacial score (nSPS) is 12.6. The molecule has 0 saturated carbocycles. The van der Waals surface area contributed by atoms with E-state index in [-0.39, 0.29) is 6.04 Å². The van der Waals surface area contributed by atoms with E-state index in [1.165, 1.54) is 6.92 Å². The highest BCUT2D eigenvalue weighted by molar-refractivity contribution is 6.04. The molecule has 0 aliphatic carbocycles. The number of carboxylic acid groups (broad SMARTS) is 1. The van der Waals surface area contributed by atoms with Crippen molar-refractivity contribution < 1.29 is 14.7 Å². The SMILES string of the molecule is CC(C(=O)O)C(=O)Nc1ccc2cnn(C(C)C)c2c1. The van der Waals surface area contributed by atoms with Crippen molar-refractivity contribution in [1.82, 2.24) is 9.78 Å². The minimum Gasteiger partial charge on any atom is -0.481 e. The Bertz CT molecular complexity index is 661. The molecule has 0 fully saturated rings. The Labute approximate surface area is 116 Å². The number of carbonyl (C=O) groups excluding carboxylic acids is 1. The first-order valence-corrected chi connectivity index (χ1v) is 6.41. The largest absolute Gasteiger partial charge is 0.481 e. The van der Waals surface area contributed by atoms with Crippen molar-refractivity contribution in [2.24, 2.45) is 5.92 Å². The van der Waals surface area contributed by atoms with Crippen molar-refractivity contribution >= 4 is 28.5 Å². The summed E-state index contributed by atoms with van der Waals surface area (Å²) in [5, 5.41) is 16.7. The maximum absolute atomic E-state index is 11.7. The summed E-state index contributed by atoms with van der Waals surface area (Å²) in [6, 6.07) is 5.59. The van der Waals surface area contributed by atoms with E-state index < -0.39 is 17.8 Å². The van der Waals surface area contributed by atoms with Gasteiger partial charge in [0.05, 0.1) is 11.7 Å². The van der Waals surface area contributed by atoms with E-state index in [1.54, 1.807) is 18.3 Å². The molecule has 6 heteroatoms. The summed E-state index contributed by atoms with van der Waals surface area (Å²) >= 11 is 0. The molecule has 2 aromatic rings. The maximum Gasteiger partial charge on any atom is 0.315 e. The van der Waals surface area contributed by atoms with Gasteiger partial charge in [0.1, 0.15) is 5.92 Å². The molecule has 0 saturated heterocycles. The summed E-state index contributed by atoms with van der Waals surface area (Å²) < 4.78 is 1.85. The Hall–Kier alpha value is -2.37. The van der Waals surface area contributed by atoms with Crippen LogP contribution in [0, 0.1) is 5.92 Å². The molecule has 1 amide bonds. The predicted molar refractivity (Wildman–Crippen MR) is 75.5 cm³/mol. The smallest absolute Gasteiger partial charge is 0.315 e. The van der Waals surface area contributed by atoms with Crippen LogP contribution in [0.15, 0.2) is 24.4 Å². The van der Waals surface area contributed by atoms with Gasteiger partial charge in [-0.15, -0.1) is 0 Å². The lowest BCUT2D eigenvalue weighted by Gasteiger charge is -2.10. The number of hydrogen-bond acceptors (Lipinski definition) is 3. The van der Waals surface area contributed by atoms with Gasteiger partial charge in [-0.2, -0.15) is 5.10 Å². The molecular weight excluding hydrogens is 258 g/mol. The molecule has 1 unspecified atom stereocenters. The standard InChI is InChI=1S/C14H17N3O3/c1-8(2)17-12-6-11(5-4-10(12)7-15-17)16-13(18)9(3)14(19)20/h4-9H,1-3H3,(H,16,18)(H,19,20). The van der Waals surface area contributed by atoms with Crippen molar-refractivity contribution in [2.75, 3.05) is 5.32 Å². The Morgan fingerprint density at radius 3 is 2.60 bits per heavy atom. The maximum atomic E-state index is 11.7. The Balaban J connectivity index is 2.29. The predicted octanol–water partition coefficient (Wildman–Crippen LogP) is 2.28. The van der Waals surface area contributed by atoms with Gasteiger partial charge in [-0.25, -0.2) is 0 Å². The van der Waals surface area contributed by atoms with Gasteiger partial charge in [-0.3, -0.25) is 14.3 Å². The molecule has 1 aromatic carbocycles. The van der Waals surface area contributed by atoms with Gasteiger partial charge in [0.2, 0.25) is 5.91 Å². The number of amides is 1. The average molecular weight is 275 g/mol. The minimum atomic E-state index is -1.14. The lowest BCUT2D eigenvalue weighted by atomic mass is 10.1. The summed E-state index contributed by atoms with van der Waals surface area (Å²) in [6.07, 6.45) is 1.76. The number of rotatable bonds is 4. The van der Waals surface area contributed by atoms with Crippen LogP contribution >= 0.6 is 0 Å². The van der Waals surface area contributed by atoms with Crippen LogP contribution in [0.1, 0.15) is 26.8 Å². The summed E-state index contributed by atoms with van der Waals surface area (Å²) in [5.74, 6) is -2.76. The Kier molecular flexibility index (Phi) is 3.74. The molecule has 0 radical (unpaired) electrons. The van der Waals surface area contributed by atoms with Gasteiger partial charge < -0.3 is 10.4 Å². The molecule has 6 nitrogen and oxygen atoms in total. The first kappa shape index (κ1) is 14.0. The van der Waals surface area contributed by atoms with Gasteiger partial charge in [0, 0.05) is 17.1 Å². The molecule has 2 rings (SSSR count). The zero-order valence-corrected chi connectivity index (χ0v) is 11.6. The number of nitrogens with zero attached hydrogens (tertiary/aromatic N) is 2. The van der Waals surface area contributed by atoms with Crippen molar-refractivity contribution in [3.05, 3.63) is 24.4 Å². The number of carboxylic acids is 1. The monoisotopic (exact) mass is 275 g/mol. The highest BCUT2D eigenvalue weighted by atomic mass is 16.4. The zero-order valence-electron chi connectivity index (χ0n) is 11.6. The van der Waals surface area contributed by atoms with Crippen LogP contribution in [0.4, 0.5) is 5.69 Å². The third kappa shape index (κ3) is 2.64. The third-order valence-corrected chi connectivity index (χ3v) is 3.12. The molecule has 0 bridgehead atoms. The summed E-state index contributed by atoms with van der Waals surface area (Å²) in [5.41, 5.74) is 1.47. The number of hydrogen-bond donors (Lipinski definition) is 2. The van der Waals surface area contributed by atoms with E-state index in [4.69, 9.17) is 5.11 Å². The van der Waals surface area contributed by atoms with E-state index >= 15 is 0 Å². The molecule has 20 heavy (non-hydrogen) atoms. The fourth-order valence-corrected chi connectivity index (χ4v) is 1.89. The zero-order chi connectivity index (χ0) is 14.9. The molecule has 0 aliphatic heterocycles. The van der Waals surface area contributed by atoms with Crippen LogP contribution in [-0.4, -0.2) is 26.8 Å². The number of carbonyl (C=O) groups is 2. The number of anilines is 1. The number of nitrogens with one attached hydrogen (secondary N) is 1. The number of aromatic nitrogens is 2. The highest BCUT2D eigenvalue weighted by Crippen LogP contribution is 2.22. The van der Waals surface area contributed by atoms with Crippen LogP contribution in [0.25, 0.3) is 10.9 Å². The van der Waals surface area contributed by atoms with Crippen molar-refractivity contribution in [3.8, 4) is 0 Å². The van der Waals surface area contributed by atoms with E-state index in [9.17, 15) is 9.59 Å². The van der Waals surface area contributed by atoms with Crippen LogP contribution in [0.2, 0.25) is 0 Å². The summed E-state index contributed by atoms with van der Waals surface area (Å²) in [7, 11) is 0. The molecule has 0 spiro atoms. The molecule has 1 heterocycles. The lowest BCUT2D eigenvalue weighted by molar-refractivity contribution is -0.144. The van der Waals surface area contributed by atoms with Gasteiger partial charge in [0.15, 0.2) is 0 Å². The van der Waals surface area contributed by atoms with Crippen molar-refractivity contribution in [3.63, 3.8) is 0 Å². The molecule has 106 valence electrons. The number of aliphatic carboxylic acids is 1. The van der Waals surface area contributed by atoms with Gasteiger partial charge in [-0.05, 0) is 39.0 Å². The Morgan fingerprint density at radius 1 is 1.30 bits per heavy atom. The molecule has 1 atom stereocenters. The minimum absolute atomic E-state index is 0.205. The molecule has 0 aliphatic rings. The van der Waals surface area contributed by atoms with Crippen molar-refractivity contribution in [1.29, 1.82) is 0 Å². The topological polar surface area (TPSA) is 84.2 Å². The van der Waals surface area contributed by atoms with E-state index in [1.807, 2.05) is 24.6 Å². The van der Waals surface area contributed by atoms with Crippen LogP contribution < -0.4 is 5.32 Å². The molecule has 2 N–H and O–H groups in total. The first-order valence-electron chi connectivity index (χ1n) is 6.41. The van der Waals surface area contributed by atoms with Crippen molar-refractivity contribution in [2.45, 2.75) is 26.8 Å². The van der Waals surface area contributed by atoms with Crippen LogP contribution in [-0.2, 0) is 9.59 Å².